The summed E-state index contributed by atoms with van der Waals surface area (Å²) in [4.78, 5) is 11.3. The van der Waals surface area contributed by atoms with Crippen LogP contribution < -0.4 is 10.2 Å². The van der Waals surface area contributed by atoms with E-state index in [0.29, 0.717) is 5.89 Å². The summed E-state index contributed by atoms with van der Waals surface area (Å²) < 4.78 is 5.43. The maximum absolute atomic E-state index is 5.43. The Morgan fingerprint density at radius 3 is 3.00 bits per heavy atom. The molecule has 0 spiro atoms. The van der Waals surface area contributed by atoms with Crippen molar-refractivity contribution in [3.63, 3.8) is 0 Å². The fourth-order valence-electron chi connectivity index (χ4n) is 2.45. The van der Waals surface area contributed by atoms with Crippen molar-refractivity contribution < 1.29 is 4.52 Å². The average Bonchev–Trinajstić information content (AvgIpc) is 2.84. The molecule has 1 N–H and O–H groups in total. The molecule has 0 atom stereocenters. The number of hydrogen-bond donors (Lipinski definition) is 1. The van der Waals surface area contributed by atoms with Gasteiger partial charge in [0.2, 0.25) is 0 Å². The molecule has 1 aliphatic rings. The third-order valence-corrected chi connectivity index (χ3v) is 3.61. The number of anilines is 1. The van der Waals surface area contributed by atoms with Crippen LogP contribution in [0, 0.1) is 0 Å². The van der Waals surface area contributed by atoms with E-state index in [9.17, 15) is 0 Å². The van der Waals surface area contributed by atoms with Gasteiger partial charge in [-0.05, 0) is 25.1 Å². The third-order valence-electron chi connectivity index (χ3n) is 3.61. The van der Waals surface area contributed by atoms with Crippen molar-refractivity contribution in [2.75, 3.05) is 31.1 Å². The van der Waals surface area contributed by atoms with Crippen LogP contribution in [0.4, 0.5) is 5.82 Å². The number of aromatic nitrogens is 3. The third kappa shape index (κ3) is 3.05. The minimum atomic E-state index is 0.255. The summed E-state index contributed by atoms with van der Waals surface area (Å²) in [5.41, 5.74) is 0.916. The molecule has 0 saturated carbocycles. The highest BCUT2D eigenvalue weighted by atomic mass is 16.5. The molecular weight excluding hydrogens is 266 g/mol. The van der Waals surface area contributed by atoms with E-state index in [0.717, 1.165) is 49.8 Å². The van der Waals surface area contributed by atoms with Crippen LogP contribution in [0.1, 0.15) is 32.0 Å². The van der Waals surface area contributed by atoms with Crippen LogP contribution in [0.3, 0.4) is 0 Å². The molecule has 0 amide bonds. The second-order valence-electron chi connectivity index (χ2n) is 5.58. The van der Waals surface area contributed by atoms with Crippen molar-refractivity contribution in [3.8, 4) is 11.5 Å². The van der Waals surface area contributed by atoms with Crippen LogP contribution >= 0.6 is 0 Å². The summed E-state index contributed by atoms with van der Waals surface area (Å²) in [5.74, 6) is 2.47. The van der Waals surface area contributed by atoms with E-state index < -0.39 is 0 Å². The maximum Gasteiger partial charge on any atom is 0.261 e. The van der Waals surface area contributed by atoms with Gasteiger partial charge in [-0.1, -0.05) is 19.0 Å². The first-order valence-electron chi connectivity index (χ1n) is 7.50. The topological polar surface area (TPSA) is 67.1 Å². The summed E-state index contributed by atoms with van der Waals surface area (Å²) in [6.07, 6.45) is 2.92. The zero-order valence-corrected chi connectivity index (χ0v) is 12.5. The lowest BCUT2D eigenvalue weighted by Crippen LogP contribution is -2.29. The predicted octanol–water partition coefficient (Wildman–Crippen LogP) is 2.05. The van der Waals surface area contributed by atoms with E-state index >= 15 is 0 Å². The van der Waals surface area contributed by atoms with Crippen LogP contribution in [-0.2, 0) is 0 Å². The summed E-state index contributed by atoms with van der Waals surface area (Å²) >= 11 is 0. The number of pyridine rings is 1. The van der Waals surface area contributed by atoms with Crippen LogP contribution in [0.15, 0.2) is 22.9 Å². The number of nitrogens with one attached hydrogen (secondary N) is 1. The SMILES string of the molecule is CC(C)c1noc(-c2cccnc2N2CCCNCC2)n1. The summed E-state index contributed by atoms with van der Waals surface area (Å²) in [7, 11) is 0. The zero-order chi connectivity index (χ0) is 14.7. The van der Waals surface area contributed by atoms with Crippen LogP contribution in [0.25, 0.3) is 11.5 Å². The van der Waals surface area contributed by atoms with Crippen molar-refractivity contribution in [3.05, 3.63) is 24.2 Å². The van der Waals surface area contributed by atoms with Gasteiger partial charge in [-0.2, -0.15) is 4.98 Å². The van der Waals surface area contributed by atoms with Gasteiger partial charge in [0.05, 0.1) is 5.56 Å². The predicted molar refractivity (Wildman–Crippen MR) is 81.3 cm³/mol. The molecule has 1 fully saturated rings. The lowest BCUT2D eigenvalue weighted by molar-refractivity contribution is 0.419. The Morgan fingerprint density at radius 1 is 1.29 bits per heavy atom. The molecule has 0 bridgehead atoms. The quantitative estimate of drug-likeness (QED) is 0.932. The van der Waals surface area contributed by atoms with Gasteiger partial charge in [0.1, 0.15) is 5.82 Å². The molecule has 21 heavy (non-hydrogen) atoms. The lowest BCUT2D eigenvalue weighted by Gasteiger charge is -2.22. The molecule has 1 aliphatic heterocycles. The van der Waals surface area contributed by atoms with E-state index in [-0.39, 0.29) is 5.92 Å². The molecule has 3 rings (SSSR count). The molecule has 1 saturated heterocycles. The summed E-state index contributed by atoms with van der Waals surface area (Å²) in [6.45, 7) is 8.06. The number of nitrogens with zero attached hydrogens (tertiary/aromatic N) is 4. The molecule has 112 valence electrons. The van der Waals surface area contributed by atoms with Crippen molar-refractivity contribution in [1.82, 2.24) is 20.4 Å². The normalized spacial score (nSPS) is 16.2. The maximum atomic E-state index is 5.43. The van der Waals surface area contributed by atoms with E-state index in [1.54, 1.807) is 0 Å². The highest BCUT2D eigenvalue weighted by Gasteiger charge is 2.20. The van der Waals surface area contributed by atoms with E-state index in [4.69, 9.17) is 4.52 Å². The molecule has 3 heterocycles. The fourth-order valence-corrected chi connectivity index (χ4v) is 2.45. The Labute approximate surface area is 124 Å². The fraction of sp³-hybridized carbons (Fsp3) is 0.533. The van der Waals surface area contributed by atoms with Crippen molar-refractivity contribution in [1.29, 1.82) is 0 Å². The smallest absolute Gasteiger partial charge is 0.261 e. The minimum Gasteiger partial charge on any atom is -0.355 e. The van der Waals surface area contributed by atoms with Crippen molar-refractivity contribution in [2.45, 2.75) is 26.2 Å². The Kier molecular flexibility index (Phi) is 4.15. The molecule has 6 nitrogen and oxygen atoms in total. The van der Waals surface area contributed by atoms with Crippen molar-refractivity contribution in [2.24, 2.45) is 0 Å². The van der Waals surface area contributed by atoms with Gasteiger partial charge >= 0.3 is 0 Å². The largest absolute Gasteiger partial charge is 0.355 e. The average molecular weight is 287 g/mol. The molecule has 0 aliphatic carbocycles. The van der Waals surface area contributed by atoms with Gasteiger partial charge in [0.25, 0.3) is 5.89 Å². The second-order valence-corrected chi connectivity index (χ2v) is 5.58. The zero-order valence-electron chi connectivity index (χ0n) is 12.5. The van der Waals surface area contributed by atoms with Gasteiger partial charge in [-0.15, -0.1) is 0 Å². The molecule has 2 aromatic heterocycles. The van der Waals surface area contributed by atoms with Crippen molar-refractivity contribution >= 4 is 5.82 Å². The minimum absolute atomic E-state index is 0.255. The van der Waals surface area contributed by atoms with Crippen LogP contribution in [0.5, 0.6) is 0 Å². The van der Waals surface area contributed by atoms with Gasteiger partial charge in [-0.25, -0.2) is 4.98 Å². The molecule has 0 radical (unpaired) electrons. The Balaban J connectivity index is 1.94. The molecule has 0 unspecified atom stereocenters. The van der Waals surface area contributed by atoms with Gasteiger partial charge in [-0.3, -0.25) is 0 Å². The van der Waals surface area contributed by atoms with Crippen LogP contribution in [-0.4, -0.2) is 41.3 Å². The first-order valence-corrected chi connectivity index (χ1v) is 7.50. The number of rotatable bonds is 3. The monoisotopic (exact) mass is 287 g/mol. The van der Waals surface area contributed by atoms with E-state index in [1.165, 1.54) is 0 Å². The van der Waals surface area contributed by atoms with E-state index in [1.807, 2.05) is 18.3 Å². The Morgan fingerprint density at radius 2 is 2.19 bits per heavy atom. The number of hydrogen-bond acceptors (Lipinski definition) is 6. The van der Waals surface area contributed by atoms with Gasteiger partial charge in [0, 0.05) is 31.7 Å². The Hall–Kier alpha value is -1.95. The lowest BCUT2D eigenvalue weighted by atomic mass is 10.2. The molecule has 2 aromatic rings. The van der Waals surface area contributed by atoms with Gasteiger partial charge in [0.15, 0.2) is 5.82 Å². The first-order chi connectivity index (χ1) is 10.3. The summed E-state index contributed by atoms with van der Waals surface area (Å²) in [6, 6.07) is 3.91. The first kappa shape index (κ1) is 14.0. The highest BCUT2D eigenvalue weighted by Crippen LogP contribution is 2.28. The van der Waals surface area contributed by atoms with E-state index in [2.05, 4.69) is 39.2 Å². The molecular formula is C15H21N5O. The highest BCUT2D eigenvalue weighted by molar-refractivity contribution is 5.69. The van der Waals surface area contributed by atoms with Gasteiger partial charge < -0.3 is 14.7 Å². The standard InChI is InChI=1S/C15H21N5O/c1-11(2)13-18-15(21-19-13)12-5-3-7-17-14(12)20-9-4-6-16-8-10-20/h3,5,7,11,16H,4,6,8-10H2,1-2H3. The van der Waals surface area contributed by atoms with Crippen LogP contribution in [0.2, 0.25) is 0 Å². The molecule has 6 heteroatoms. The Bertz CT molecular complexity index is 587. The molecule has 0 aromatic carbocycles. The summed E-state index contributed by atoms with van der Waals surface area (Å²) in [5, 5.41) is 7.46. The second kappa shape index (κ2) is 6.22.